The molecule has 8 heterocycles. The number of carbonyl (C=O) groups excluding carboxylic acids is 6. The lowest BCUT2D eigenvalue weighted by atomic mass is 10.1. The highest BCUT2D eigenvalue weighted by Crippen LogP contribution is 2.38. The Morgan fingerprint density at radius 3 is 1.78 bits per heavy atom. The summed E-state index contributed by atoms with van der Waals surface area (Å²) in [6.45, 7) is 11.4. The SMILES string of the molecule is CC=C(NC(=O)c1csc(-c2csc(-c3ccc4c(n3)-c3csc(n3)[C@H]([C@@H](C)O)NC(=O)c3csc(n3)[C@H](C(C)C)NC(=O)c3csc(n3)C(=CC)NC(=O)[C@H]([C@@H](C)O)NC(=O)c3csc-4n3)n2)n1)C(=O)NC[C@@H](C)O. The van der Waals surface area contributed by atoms with Crippen LogP contribution in [0.3, 0.4) is 0 Å². The number of aliphatic hydroxyl groups is 3. The molecule has 76 heavy (non-hydrogen) atoms. The number of hydrogen-bond acceptors (Lipinski definition) is 22. The molecule has 396 valence electrons. The number of allylic oxidation sites excluding steroid dienone is 2. The van der Waals surface area contributed by atoms with Gasteiger partial charge in [-0.05, 0) is 52.7 Å². The molecule has 6 atom stereocenters. The molecule has 22 nitrogen and oxygen atoms in total. The van der Waals surface area contributed by atoms with Crippen molar-refractivity contribution in [1.82, 2.24) is 66.8 Å². The molecular weight excluding hydrogens is 1100 g/mol. The Morgan fingerprint density at radius 2 is 1.13 bits per heavy atom. The van der Waals surface area contributed by atoms with Crippen molar-refractivity contribution in [3.05, 3.63) is 100 Å². The molecule has 0 fully saturated rings. The standard InChI is InChI=1S/C48H49N13O9S6/c1-8-24(37(65)49-12-20(5)62)51-38(66)28-15-73-46(56-28)32-18-74-45(58-32)26-11-10-23-36(50-26)27-13-75-48(53-27)35(22(7)64)61-41(69)31-17-76-47(57-31)33(19(3)4)59-39(67)30-16-72-44(55-30)25(9-2)52-42(70)34(21(6)63)60-40(68)29-14-71-43(23)54-29/h8-11,13-22,33-35,62-64H,12H2,1-7H3,(H,49,65)(H,51,66)(H,52,70)(H,59,67)(H,60,68)(H,61,69)/t20-,21-,22-,33+,34+,35+/m1/s1. The maximum atomic E-state index is 13.9. The quantitative estimate of drug-likeness (QED) is 0.0756. The predicted octanol–water partition coefficient (Wildman–Crippen LogP) is 5.57. The van der Waals surface area contributed by atoms with Crippen LogP contribution in [0.5, 0.6) is 0 Å². The first-order valence-electron chi connectivity index (χ1n) is 23.3. The van der Waals surface area contributed by atoms with Gasteiger partial charge >= 0.3 is 0 Å². The number of hydrogen-bond donors (Lipinski definition) is 9. The monoisotopic (exact) mass is 1140 g/mol. The molecule has 0 spiro atoms. The number of amides is 6. The van der Waals surface area contributed by atoms with Gasteiger partial charge in [-0.1, -0.05) is 26.0 Å². The van der Waals surface area contributed by atoms with Crippen molar-refractivity contribution in [2.45, 2.75) is 84.9 Å². The lowest BCUT2D eigenvalue weighted by Gasteiger charge is -2.21. The lowest BCUT2D eigenvalue weighted by Crippen LogP contribution is -2.52. The van der Waals surface area contributed by atoms with Gasteiger partial charge < -0.3 is 47.2 Å². The van der Waals surface area contributed by atoms with E-state index in [1.54, 1.807) is 48.2 Å². The highest BCUT2D eigenvalue weighted by molar-refractivity contribution is 7.15. The molecule has 1 aliphatic heterocycles. The van der Waals surface area contributed by atoms with E-state index in [1.165, 1.54) is 77.0 Å². The molecule has 0 saturated carbocycles. The third-order valence-electron chi connectivity index (χ3n) is 11.2. The van der Waals surface area contributed by atoms with Gasteiger partial charge in [-0.25, -0.2) is 34.9 Å². The number of thiazole rings is 6. The number of nitrogens with zero attached hydrogens (tertiary/aromatic N) is 7. The summed E-state index contributed by atoms with van der Waals surface area (Å²) in [6, 6.07) is 0.366. The minimum absolute atomic E-state index is 0.00119. The van der Waals surface area contributed by atoms with Gasteiger partial charge in [0.05, 0.1) is 35.7 Å². The van der Waals surface area contributed by atoms with Gasteiger partial charge in [0.1, 0.15) is 87.7 Å². The zero-order valence-corrected chi connectivity index (χ0v) is 46.3. The molecule has 28 heteroatoms. The molecule has 7 aromatic rings. The van der Waals surface area contributed by atoms with Gasteiger partial charge in [-0.2, -0.15) is 0 Å². The minimum atomic E-state index is -1.45. The number of aliphatic hydroxyl groups excluding tert-OH is 3. The van der Waals surface area contributed by atoms with Crippen LogP contribution < -0.4 is 31.9 Å². The average Bonchev–Trinajstić information content (AvgIpc) is 4.26. The maximum Gasteiger partial charge on any atom is 0.275 e. The van der Waals surface area contributed by atoms with Crippen LogP contribution >= 0.6 is 68.0 Å². The second kappa shape index (κ2) is 24.0. The summed E-state index contributed by atoms with van der Waals surface area (Å²) < 4.78 is 0. The molecule has 0 aromatic carbocycles. The van der Waals surface area contributed by atoms with Crippen LogP contribution in [0.15, 0.2) is 62.3 Å². The summed E-state index contributed by atoms with van der Waals surface area (Å²) in [4.78, 5) is 114. The van der Waals surface area contributed by atoms with Gasteiger partial charge in [-0.15, -0.1) is 68.0 Å². The van der Waals surface area contributed by atoms with Crippen LogP contribution in [-0.4, -0.2) is 117 Å². The number of fused-ring (bicyclic) bond motifs is 11. The smallest absolute Gasteiger partial charge is 0.275 e. The first-order chi connectivity index (χ1) is 36.3. The van der Waals surface area contributed by atoms with Crippen molar-refractivity contribution < 1.29 is 44.1 Å². The molecular formula is C48H49N13O9S6. The van der Waals surface area contributed by atoms with Crippen LogP contribution in [0.1, 0.15) is 118 Å². The van der Waals surface area contributed by atoms with Crippen molar-refractivity contribution in [3.63, 3.8) is 0 Å². The van der Waals surface area contributed by atoms with Crippen LogP contribution in [-0.2, 0) is 9.59 Å². The summed E-state index contributed by atoms with van der Waals surface area (Å²) in [5.74, 6) is -4.00. The van der Waals surface area contributed by atoms with Crippen LogP contribution in [0.25, 0.3) is 49.1 Å². The average molecular weight is 1140 g/mol. The predicted molar refractivity (Wildman–Crippen MR) is 290 cm³/mol. The van der Waals surface area contributed by atoms with Crippen molar-refractivity contribution in [1.29, 1.82) is 0 Å². The Bertz CT molecular complexity index is 3380. The number of nitrogens with one attached hydrogen (secondary N) is 6. The van der Waals surface area contributed by atoms with E-state index in [0.717, 1.165) is 34.0 Å². The summed E-state index contributed by atoms with van der Waals surface area (Å²) >= 11 is 6.97. The van der Waals surface area contributed by atoms with Gasteiger partial charge in [0.15, 0.2) is 0 Å². The first-order valence-corrected chi connectivity index (χ1v) is 28.6. The summed E-state index contributed by atoms with van der Waals surface area (Å²) in [5.41, 5.74) is 2.26. The molecule has 7 aromatic heterocycles. The Labute approximate surface area is 458 Å². The highest BCUT2D eigenvalue weighted by atomic mass is 32.1. The van der Waals surface area contributed by atoms with E-state index >= 15 is 0 Å². The topological polar surface area (TPSA) is 326 Å². The van der Waals surface area contributed by atoms with Crippen molar-refractivity contribution in [2.24, 2.45) is 5.92 Å². The molecule has 9 N–H and O–H groups in total. The van der Waals surface area contributed by atoms with Gasteiger partial charge in [0.2, 0.25) is 5.91 Å². The fourth-order valence-corrected chi connectivity index (χ4v) is 12.4. The second-order valence-electron chi connectivity index (χ2n) is 17.4. The summed E-state index contributed by atoms with van der Waals surface area (Å²) in [5, 5.41) is 59.6. The van der Waals surface area contributed by atoms with E-state index in [-0.39, 0.29) is 51.6 Å². The molecule has 0 unspecified atom stereocenters. The van der Waals surface area contributed by atoms with Crippen LogP contribution in [0.4, 0.5) is 0 Å². The second-order valence-corrected chi connectivity index (χ2v) is 22.6. The number of pyridine rings is 1. The van der Waals surface area contributed by atoms with Crippen LogP contribution in [0.2, 0.25) is 0 Å². The Morgan fingerprint density at radius 1 is 0.605 bits per heavy atom. The summed E-state index contributed by atoms with van der Waals surface area (Å²) in [7, 11) is 0. The third kappa shape index (κ3) is 12.5. The number of rotatable bonds is 10. The molecule has 8 rings (SSSR count). The van der Waals surface area contributed by atoms with Crippen LogP contribution in [0, 0.1) is 5.92 Å². The molecule has 0 saturated heterocycles. The maximum absolute atomic E-state index is 13.9. The van der Waals surface area contributed by atoms with E-state index in [4.69, 9.17) is 15.0 Å². The highest BCUT2D eigenvalue weighted by Gasteiger charge is 2.32. The Kier molecular flexibility index (Phi) is 17.5. The molecule has 8 bridgehead atoms. The minimum Gasteiger partial charge on any atom is -0.392 e. The van der Waals surface area contributed by atoms with E-state index < -0.39 is 71.9 Å². The van der Waals surface area contributed by atoms with E-state index in [0.29, 0.717) is 53.4 Å². The molecule has 0 radical (unpaired) electrons. The first kappa shape index (κ1) is 55.3. The van der Waals surface area contributed by atoms with Crippen molar-refractivity contribution >= 4 is 109 Å². The van der Waals surface area contributed by atoms with Crippen molar-refractivity contribution in [2.75, 3.05) is 6.54 Å². The largest absolute Gasteiger partial charge is 0.392 e. The zero-order valence-electron chi connectivity index (χ0n) is 41.4. The Balaban J connectivity index is 1.15. The zero-order chi connectivity index (χ0) is 54.5. The fraction of sp³-hybridized carbons (Fsp3) is 0.312. The van der Waals surface area contributed by atoms with Gasteiger partial charge in [0, 0.05) is 44.4 Å². The van der Waals surface area contributed by atoms with E-state index in [9.17, 15) is 44.1 Å². The molecule has 1 aliphatic rings. The number of carbonyl (C=O) groups is 6. The third-order valence-corrected chi connectivity index (χ3v) is 16.6. The van der Waals surface area contributed by atoms with E-state index in [1.807, 2.05) is 13.8 Å². The van der Waals surface area contributed by atoms with Gasteiger partial charge in [-0.3, -0.25) is 28.8 Å². The summed E-state index contributed by atoms with van der Waals surface area (Å²) in [6.07, 6.45) is -0.261. The van der Waals surface area contributed by atoms with Gasteiger partial charge in [0.25, 0.3) is 29.5 Å². The molecule has 0 aliphatic carbocycles. The number of aromatic nitrogens is 7. The molecule has 6 amide bonds. The Hall–Kier alpha value is -6.89. The van der Waals surface area contributed by atoms with Crippen molar-refractivity contribution in [3.8, 4) is 43.4 Å². The van der Waals surface area contributed by atoms with E-state index in [2.05, 4.69) is 51.8 Å². The lowest BCUT2D eigenvalue weighted by molar-refractivity contribution is -0.124. The fourth-order valence-electron chi connectivity index (χ4n) is 7.20. The normalized spacial score (nSPS) is 18.5.